The van der Waals surface area contributed by atoms with E-state index >= 15 is 0 Å². The van der Waals surface area contributed by atoms with E-state index in [1.165, 1.54) is 24.3 Å². The molecular weight excluding hydrogens is 318 g/mol. The number of sulfonamides is 1. The molecule has 0 aliphatic rings. The van der Waals surface area contributed by atoms with Crippen LogP contribution in [0.1, 0.15) is 20.8 Å². The third kappa shape index (κ3) is 5.90. The summed E-state index contributed by atoms with van der Waals surface area (Å²) in [6.07, 6.45) is 3.45. The highest BCUT2D eigenvalue weighted by atomic mass is 32.2. The molecule has 0 aliphatic carbocycles. The number of aliphatic carboxylic acids is 1. The summed E-state index contributed by atoms with van der Waals surface area (Å²) >= 11 is 0. The minimum Gasteiger partial charge on any atom is -0.489 e. The Morgan fingerprint density at radius 2 is 1.96 bits per heavy atom. The molecular formula is C16H21NO5S. The number of carboxylic acids is 1. The van der Waals surface area contributed by atoms with E-state index in [1.807, 2.05) is 6.92 Å². The average Bonchev–Trinajstić information content (AvgIpc) is 2.49. The fourth-order valence-corrected chi connectivity index (χ4v) is 3.06. The Bertz CT molecular complexity index is 686. The first-order chi connectivity index (χ1) is 10.8. The minimum absolute atomic E-state index is 0.0132. The van der Waals surface area contributed by atoms with Crippen molar-refractivity contribution in [1.29, 1.82) is 0 Å². The van der Waals surface area contributed by atoms with Gasteiger partial charge in [0.1, 0.15) is 18.4 Å². The predicted octanol–water partition coefficient (Wildman–Crippen LogP) is 2.18. The van der Waals surface area contributed by atoms with E-state index in [4.69, 9.17) is 9.84 Å². The molecule has 23 heavy (non-hydrogen) atoms. The molecule has 1 aromatic carbocycles. The fourth-order valence-electron chi connectivity index (χ4n) is 1.73. The van der Waals surface area contributed by atoms with Crippen LogP contribution in [-0.4, -0.2) is 32.1 Å². The number of nitrogens with one attached hydrogen (secondary N) is 1. The van der Waals surface area contributed by atoms with Crippen molar-refractivity contribution >= 4 is 16.0 Å². The highest BCUT2D eigenvalue weighted by molar-refractivity contribution is 7.89. The summed E-state index contributed by atoms with van der Waals surface area (Å²) in [7, 11) is -3.91. The van der Waals surface area contributed by atoms with Crippen molar-refractivity contribution in [1.82, 2.24) is 4.72 Å². The van der Waals surface area contributed by atoms with Crippen LogP contribution in [0.2, 0.25) is 0 Å². The van der Waals surface area contributed by atoms with E-state index in [2.05, 4.69) is 10.5 Å². The van der Waals surface area contributed by atoms with Gasteiger partial charge in [-0.2, -0.15) is 4.72 Å². The second-order valence-electron chi connectivity index (χ2n) is 5.12. The molecule has 7 heteroatoms. The van der Waals surface area contributed by atoms with Crippen molar-refractivity contribution in [3.63, 3.8) is 0 Å². The monoisotopic (exact) mass is 339 g/mol. The van der Waals surface area contributed by atoms with E-state index in [9.17, 15) is 13.2 Å². The maximum atomic E-state index is 12.2. The zero-order valence-electron chi connectivity index (χ0n) is 13.3. The van der Waals surface area contributed by atoms with Crippen LogP contribution >= 0.6 is 0 Å². The summed E-state index contributed by atoms with van der Waals surface area (Å²) in [5.41, 5.74) is 2.86. The molecule has 1 rings (SSSR count). The number of ether oxygens (including phenoxy) is 1. The molecule has 0 bridgehead atoms. The van der Waals surface area contributed by atoms with Gasteiger partial charge in [0.2, 0.25) is 10.0 Å². The molecule has 0 aliphatic heterocycles. The minimum atomic E-state index is -3.91. The molecule has 0 unspecified atom stereocenters. The molecule has 0 radical (unpaired) electrons. The predicted molar refractivity (Wildman–Crippen MR) is 86.8 cm³/mol. The number of hydrogen-bond acceptors (Lipinski definition) is 4. The molecule has 1 atom stereocenters. The molecule has 2 N–H and O–H groups in total. The summed E-state index contributed by atoms with van der Waals surface area (Å²) in [5.74, 6) is -1.07. The maximum Gasteiger partial charge on any atom is 0.322 e. The second-order valence-corrected chi connectivity index (χ2v) is 6.84. The van der Waals surface area contributed by atoms with Crippen LogP contribution in [0.4, 0.5) is 0 Å². The molecule has 0 saturated heterocycles. The van der Waals surface area contributed by atoms with Gasteiger partial charge in [-0.1, -0.05) is 13.8 Å². The van der Waals surface area contributed by atoms with E-state index in [-0.39, 0.29) is 10.8 Å². The fraction of sp³-hybridized carbons (Fsp3) is 0.375. The van der Waals surface area contributed by atoms with Gasteiger partial charge in [-0.15, -0.1) is 5.73 Å². The molecule has 0 spiro atoms. The number of carbonyl (C=O) groups is 1. The van der Waals surface area contributed by atoms with Crippen LogP contribution in [-0.2, 0) is 14.8 Å². The van der Waals surface area contributed by atoms with E-state index in [0.29, 0.717) is 12.4 Å². The van der Waals surface area contributed by atoms with Crippen LogP contribution in [0, 0.1) is 5.92 Å². The normalized spacial score (nSPS) is 12.3. The van der Waals surface area contributed by atoms with Gasteiger partial charge >= 0.3 is 5.97 Å². The van der Waals surface area contributed by atoms with Gasteiger partial charge in [-0.25, -0.2) is 8.42 Å². The SMILES string of the molecule is CC=C=CCOc1ccc(S(=O)(=O)N[C@H](C(=O)O)C(C)C)cc1. The van der Waals surface area contributed by atoms with Crippen molar-refractivity contribution in [2.45, 2.75) is 31.7 Å². The zero-order chi connectivity index (χ0) is 17.5. The van der Waals surface area contributed by atoms with Crippen LogP contribution < -0.4 is 9.46 Å². The Kier molecular flexibility index (Phi) is 7.03. The summed E-state index contributed by atoms with van der Waals surface area (Å²) < 4.78 is 32.0. The number of carboxylic acid groups (broad SMARTS) is 1. The number of hydrogen-bond donors (Lipinski definition) is 2. The number of benzene rings is 1. The molecule has 126 valence electrons. The second kappa shape index (κ2) is 8.53. The summed E-state index contributed by atoms with van der Waals surface area (Å²) in [5, 5.41) is 9.08. The molecule has 0 amide bonds. The van der Waals surface area contributed by atoms with Gasteiger partial charge in [-0.3, -0.25) is 4.79 Å². The van der Waals surface area contributed by atoms with Gasteiger partial charge in [-0.05, 0) is 49.3 Å². The van der Waals surface area contributed by atoms with Gasteiger partial charge in [0.05, 0.1) is 4.90 Å². The van der Waals surface area contributed by atoms with E-state index in [1.54, 1.807) is 26.0 Å². The van der Waals surface area contributed by atoms with Gasteiger partial charge in [0, 0.05) is 0 Å². The molecule has 6 nitrogen and oxygen atoms in total. The highest BCUT2D eigenvalue weighted by Crippen LogP contribution is 2.17. The molecule has 0 aromatic heterocycles. The maximum absolute atomic E-state index is 12.2. The van der Waals surface area contributed by atoms with E-state index in [0.717, 1.165) is 0 Å². The Labute approximate surface area is 136 Å². The lowest BCUT2D eigenvalue weighted by atomic mass is 10.1. The molecule has 1 aromatic rings. The summed E-state index contributed by atoms with van der Waals surface area (Å²) in [4.78, 5) is 11.1. The molecule has 0 heterocycles. The first-order valence-electron chi connectivity index (χ1n) is 7.11. The van der Waals surface area contributed by atoms with Crippen molar-refractivity contribution in [2.75, 3.05) is 6.61 Å². The Morgan fingerprint density at radius 3 is 2.43 bits per heavy atom. The Balaban J connectivity index is 2.85. The summed E-state index contributed by atoms with van der Waals surface area (Å²) in [6.45, 7) is 5.43. The van der Waals surface area contributed by atoms with Crippen molar-refractivity contribution < 1.29 is 23.1 Å². The van der Waals surface area contributed by atoms with Crippen molar-refractivity contribution in [3.05, 3.63) is 42.1 Å². The molecule has 0 fully saturated rings. The highest BCUT2D eigenvalue weighted by Gasteiger charge is 2.27. The Morgan fingerprint density at radius 1 is 1.35 bits per heavy atom. The van der Waals surface area contributed by atoms with Crippen LogP contribution in [0.25, 0.3) is 0 Å². The first-order valence-corrected chi connectivity index (χ1v) is 8.59. The third-order valence-corrected chi connectivity index (χ3v) is 4.42. The number of rotatable bonds is 8. The smallest absolute Gasteiger partial charge is 0.322 e. The quantitative estimate of drug-likeness (QED) is 0.708. The summed E-state index contributed by atoms with van der Waals surface area (Å²) in [6, 6.07) is 4.60. The lowest BCUT2D eigenvalue weighted by Crippen LogP contribution is -2.44. The zero-order valence-corrected chi connectivity index (χ0v) is 14.1. The van der Waals surface area contributed by atoms with Crippen LogP contribution in [0.5, 0.6) is 5.75 Å². The van der Waals surface area contributed by atoms with Crippen molar-refractivity contribution in [3.8, 4) is 5.75 Å². The lowest BCUT2D eigenvalue weighted by molar-refractivity contribution is -0.140. The standard InChI is InChI=1S/C16H21NO5S/c1-4-5-6-11-22-13-7-9-14(10-8-13)23(20,21)17-15(12(2)3)16(18)19/h4,6-10,12,15,17H,11H2,1-3H3,(H,18,19)/t5?,15-/m0/s1. The average molecular weight is 339 g/mol. The topological polar surface area (TPSA) is 92.7 Å². The molecule has 0 saturated carbocycles. The van der Waals surface area contributed by atoms with Gasteiger partial charge in [0.25, 0.3) is 0 Å². The third-order valence-electron chi connectivity index (χ3n) is 2.97. The lowest BCUT2D eigenvalue weighted by Gasteiger charge is -2.18. The van der Waals surface area contributed by atoms with Gasteiger partial charge < -0.3 is 9.84 Å². The first kappa shape index (κ1) is 19.0. The van der Waals surface area contributed by atoms with Crippen LogP contribution in [0.3, 0.4) is 0 Å². The largest absolute Gasteiger partial charge is 0.489 e. The van der Waals surface area contributed by atoms with Gasteiger partial charge in [0.15, 0.2) is 0 Å². The van der Waals surface area contributed by atoms with Crippen molar-refractivity contribution in [2.24, 2.45) is 5.92 Å². The van der Waals surface area contributed by atoms with Crippen LogP contribution in [0.15, 0.2) is 47.0 Å². The van der Waals surface area contributed by atoms with E-state index < -0.39 is 22.0 Å². The Hall–Kier alpha value is -2.08.